The van der Waals surface area contributed by atoms with E-state index in [1.165, 1.54) is 5.69 Å². The van der Waals surface area contributed by atoms with Crippen molar-refractivity contribution in [2.45, 2.75) is 13.2 Å². The van der Waals surface area contributed by atoms with Gasteiger partial charge in [0.15, 0.2) is 0 Å². The van der Waals surface area contributed by atoms with E-state index in [9.17, 15) is 4.79 Å². The third-order valence-electron chi connectivity index (χ3n) is 5.23. The maximum absolute atomic E-state index is 12.5. The van der Waals surface area contributed by atoms with Crippen LogP contribution in [-0.2, 0) is 17.9 Å². The minimum absolute atomic E-state index is 0.116. The highest BCUT2D eigenvalue weighted by atomic mass is 35.5. The first kappa shape index (κ1) is 21.2. The minimum Gasteiger partial charge on any atom is -0.489 e. The lowest BCUT2D eigenvalue weighted by Gasteiger charge is -2.28. The topological polar surface area (TPSA) is 50.8 Å². The van der Waals surface area contributed by atoms with Crippen molar-refractivity contribution in [3.05, 3.63) is 94.5 Å². The fourth-order valence-electron chi connectivity index (χ4n) is 3.41. The van der Waals surface area contributed by atoms with Gasteiger partial charge in [0.05, 0.1) is 13.2 Å². The Morgan fingerprint density at radius 2 is 1.68 bits per heavy atom. The van der Waals surface area contributed by atoms with E-state index in [4.69, 9.17) is 21.1 Å². The molecule has 160 valence electrons. The number of nitrogens with one attached hydrogen (secondary N) is 1. The van der Waals surface area contributed by atoms with Gasteiger partial charge in [-0.1, -0.05) is 41.9 Å². The maximum Gasteiger partial charge on any atom is 0.251 e. The Hall–Kier alpha value is -3.02. The maximum atomic E-state index is 12.5. The average molecular weight is 437 g/mol. The van der Waals surface area contributed by atoms with Crippen LogP contribution in [0.15, 0.2) is 72.8 Å². The summed E-state index contributed by atoms with van der Waals surface area (Å²) < 4.78 is 11.2. The van der Waals surface area contributed by atoms with Gasteiger partial charge in [-0.05, 0) is 48.0 Å². The molecule has 3 aromatic carbocycles. The van der Waals surface area contributed by atoms with Crippen molar-refractivity contribution in [1.29, 1.82) is 0 Å². The lowest BCUT2D eigenvalue weighted by molar-refractivity contribution is 0.0951. The highest BCUT2D eigenvalue weighted by molar-refractivity contribution is 6.31. The molecular formula is C25H25ClN2O3. The summed E-state index contributed by atoms with van der Waals surface area (Å²) in [6, 6.07) is 23.0. The molecule has 1 aliphatic rings. The molecule has 1 amide bonds. The summed E-state index contributed by atoms with van der Waals surface area (Å²) in [7, 11) is 0. The van der Waals surface area contributed by atoms with Crippen molar-refractivity contribution in [2.75, 3.05) is 31.2 Å². The molecule has 1 heterocycles. The second-order valence-electron chi connectivity index (χ2n) is 7.35. The van der Waals surface area contributed by atoms with Gasteiger partial charge in [-0.15, -0.1) is 0 Å². The van der Waals surface area contributed by atoms with Crippen molar-refractivity contribution in [3.8, 4) is 5.75 Å². The zero-order chi connectivity index (χ0) is 21.5. The van der Waals surface area contributed by atoms with Gasteiger partial charge >= 0.3 is 0 Å². The Labute approximate surface area is 187 Å². The first-order chi connectivity index (χ1) is 15.2. The molecular weight excluding hydrogens is 412 g/mol. The van der Waals surface area contributed by atoms with Crippen molar-refractivity contribution < 1.29 is 14.3 Å². The SMILES string of the molecule is O=C(NCc1ccc(N2CCOCC2)cc1)c1ccc(OCc2ccccc2Cl)cc1. The molecule has 0 bridgehead atoms. The second-order valence-corrected chi connectivity index (χ2v) is 7.76. The predicted molar refractivity (Wildman–Crippen MR) is 123 cm³/mol. The predicted octanol–water partition coefficient (Wildman–Crippen LogP) is 4.69. The molecule has 1 aliphatic heterocycles. The van der Waals surface area contributed by atoms with Crippen LogP contribution >= 0.6 is 11.6 Å². The van der Waals surface area contributed by atoms with Gasteiger partial charge in [0, 0.05) is 41.5 Å². The molecule has 0 atom stereocenters. The summed E-state index contributed by atoms with van der Waals surface area (Å²) in [5.74, 6) is 0.574. The van der Waals surface area contributed by atoms with Gasteiger partial charge in [-0.3, -0.25) is 4.79 Å². The number of morpholine rings is 1. The fraction of sp³-hybridized carbons (Fsp3) is 0.240. The number of hydrogen-bond donors (Lipinski definition) is 1. The van der Waals surface area contributed by atoms with E-state index in [2.05, 4.69) is 34.5 Å². The van der Waals surface area contributed by atoms with Crippen molar-refractivity contribution in [3.63, 3.8) is 0 Å². The van der Waals surface area contributed by atoms with Gasteiger partial charge in [0.25, 0.3) is 5.91 Å². The first-order valence-corrected chi connectivity index (χ1v) is 10.7. The number of nitrogens with zero attached hydrogens (tertiary/aromatic N) is 1. The smallest absolute Gasteiger partial charge is 0.251 e. The number of carbonyl (C=O) groups excluding carboxylic acids is 1. The minimum atomic E-state index is -0.116. The summed E-state index contributed by atoms with van der Waals surface area (Å²) in [5, 5.41) is 3.65. The first-order valence-electron chi connectivity index (χ1n) is 10.4. The van der Waals surface area contributed by atoms with Crippen molar-refractivity contribution >= 4 is 23.2 Å². The normalized spacial score (nSPS) is 13.6. The van der Waals surface area contributed by atoms with Crippen LogP contribution in [0, 0.1) is 0 Å². The number of ether oxygens (including phenoxy) is 2. The molecule has 4 rings (SSSR count). The number of halogens is 1. The quantitative estimate of drug-likeness (QED) is 0.584. The van der Waals surface area contributed by atoms with E-state index in [1.54, 1.807) is 24.3 Å². The third-order valence-corrected chi connectivity index (χ3v) is 5.60. The summed E-state index contributed by atoms with van der Waals surface area (Å²) in [6.45, 7) is 4.21. The Kier molecular flexibility index (Phi) is 7.07. The number of hydrogen-bond acceptors (Lipinski definition) is 4. The van der Waals surface area contributed by atoms with E-state index in [0.717, 1.165) is 37.4 Å². The molecule has 3 aromatic rings. The van der Waals surface area contributed by atoms with Crippen LogP contribution in [0.25, 0.3) is 0 Å². The standard InChI is InChI=1S/C25H25ClN2O3/c26-24-4-2-1-3-21(24)18-31-23-11-7-20(8-12-23)25(29)27-17-19-5-9-22(10-6-19)28-13-15-30-16-14-28/h1-12H,13-18H2,(H,27,29). The van der Waals surface area contributed by atoms with E-state index in [0.29, 0.717) is 29.5 Å². The molecule has 1 fully saturated rings. The molecule has 0 radical (unpaired) electrons. The number of carbonyl (C=O) groups is 1. The zero-order valence-corrected chi connectivity index (χ0v) is 18.0. The Bertz CT molecular complexity index is 1000. The lowest BCUT2D eigenvalue weighted by atomic mass is 10.1. The lowest BCUT2D eigenvalue weighted by Crippen LogP contribution is -2.36. The zero-order valence-electron chi connectivity index (χ0n) is 17.2. The molecule has 5 nitrogen and oxygen atoms in total. The molecule has 1 N–H and O–H groups in total. The van der Waals surface area contributed by atoms with Crippen LogP contribution in [0.2, 0.25) is 5.02 Å². The van der Waals surface area contributed by atoms with E-state index >= 15 is 0 Å². The number of rotatable bonds is 7. The third kappa shape index (κ3) is 5.78. The van der Waals surface area contributed by atoms with Crippen LogP contribution in [0.3, 0.4) is 0 Å². The largest absolute Gasteiger partial charge is 0.489 e. The number of anilines is 1. The molecule has 0 spiro atoms. The van der Waals surface area contributed by atoms with Crippen LogP contribution in [0.1, 0.15) is 21.5 Å². The monoisotopic (exact) mass is 436 g/mol. The van der Waals surface area contributed by atoms with Crippen LogP contribution in [-0.4, -0.2) is 32.2 Å². The number of amides is 1. The van der Waals surface area contributed by atoms with Gasteiger partial charge in [0.1, 0.15) is 12.4 Å². The molecule has 0 saturated carbocycles. The van der Waals surface area contributed by atoms with Crippen molar-refractivity contribution in [1.82, 2.24) is 5.32 Å². The van der Waals surface area contributed by atoms with Crippen LogP contribution in [0.4, 0.5) is 5.69 Å². The molecule has 1 saturated heterocycles. The van der Waals surface area contributed by atoms with E-state index in [-0.39, 0.29) is 5.91 Å². The highest BCUT2D eigenvalue weighted by Gasteiger charge is 2.11. The second kappa shape index (κ2) is 10.3. The summed E-state index contributed by atoms with van der Waals surface area (Å²) in [6.07, 6.45) is 0. The summed E-state index contributed by atoms with van der Waals surface area (Å²) in [4.78, 5) is 14.8. The number of benzene rings is 3. The van der Waals surface area contributed by atoms with Gasteiger partial charge in [0.2, 0.25) is 0 Å². The molecule has 0 unspecified atom stereocenters. The van der Waals surface area contributed by atoms with Crippen LogP contribution in [0.5, 0.6) is 5.75 Å². The Morgan fingerprint density at radius 1 is 0.968 bits per heavy atom. The summed E-state index contributed by atoms with van der Waals surface area (Å²) in [5.41, 5.74) is 3.76. The Morgan fingerprint density at radius 3 is 2.39 bits per heavy atom. The highest BCUT2D eigenvalue weighted by Crippen LogP contribution is 2.19. The van der Waals surface area contributed by atoms with E-state index < -0.39 is 0 Å². The van der Waals surface area contributed by atoms with Gasteiger partial charge in [-0.2, -0.15) is 0 Å². The average Bonchev–Trinajstić information content (AvgIpc) is 2.83. The summed E-state index contributed by atoms with van der Waals surface area (Å²) >= 11 is 6.15. The van der Waals surface area contributed by atoms with Crippen LogP contribution < -0.4 is 15.0 Å². The molecule has 31 heavy (non-hydrogen) atoms. The van der Waals surface area contributed by atoms with Gasteiger partial charge < -0.3 is 19.7 Å². The van der Waals surface area contributed by atoms with E-state index in [1.807, 2.05) is 24.3 Å². The van der Waals surface area contributed by atoms with Gasteiger partial charge in [-0.25, -0.2) is 0 Å². The van der Waals surface area contributed by atoms with Crippen molar-refractivity contribution in [2.24, 2.45) is 0 Å². The Balaban J connectivity index is 1.27. The molecule has 0 aromatic heterocycles. The molecule has 0 aliphatic carbocycles. The molecule has 6 heteroatoms. The fourth-order valence-corrected chi connectivity index (χ4v) is 3.60.